The molecule has 1 aliphatic rings. The van der Waals surface area contributed by atoms with Gasteiger partial charge in [-0.15, -0.1) is 0 Å². The van der Waals surface area contributed by atoms with Gasteiger partial charge in [-0.1, -0.05) is 20.8 Å². The lowest BCUT2D eigenvalue weighted by Crippen LogP contribution is -2.65. The van der Waals surface area contributed by atoms with Crippen LogP contribution in [-0.2, 0) is 9.53 Å². The van der Waals surface area contributed by atoms with Gasteiger partial charge in [-0.2, -0.15) is 0 Å². The van der Waals surface area contributed by atoms with Gasteiger partial charge >= 0.3 is 12.1 Å². The second kappa shape index (κ2) is 6.22. The van der Waals surface area contributed by atoms with Crippen LogP contribution in [0.2, 0.25) is 0 Å². The Morgan fingerprint density at radius 1 is 1.19 bits per heavy atom. The van der Waals surface area contributed by atoms with Gasteiger partial charge in [0.25, 0.3) is 0 Å². The van der Waals surface area contributed by atoms with Crippen molar-refractivity contribution in [1.82, 2.24) is 9.80 Å². The average Bonchev–Trinajstić information content (AvgIpc) is 2.37. The van der Waals surface area contributed by atoms with E-state index >= 15 is 0 Å². The number of ether oxygens (including phenoxy) is 1. The monoisotopic (exact) mass is 300 g/mol. The van der Waals surface area contributed by atoms with Crippen molar-refractivity contribution in [1.29, 1.82) is 0 Å². The Morgan fingerprint density at radius 2 is 1.76 bits per heavy atom. The Balaban J connectivity index is 2.95. The molecule has 0 spiro atoms. The van der Waals surface area contributed by atoms with E-state index < -0.39 is 11.6 Å². The van der Waals surface area contributed by atoms with Crippen molar-refractivity contribution in [2.45, 2.75) is 53.1 Å². The number of carboxylic acid groups (broad SMARTS) is 1. The molecule has 0 radical (unpaired) electrons. The predicted octanol–water partition coefficient (Wildman–Crippen LogP) is 2.04. The molecule has 1 N–H and O–H groups in total. The zero-order valence-corrected chi connectivity index (χ0v) is 14.0. The van der Waals surface area contributed by atoms with Crippen LogP contribution in [0.25, 0.3) is 0 Å². The third kappa shape index (κ3) is 3.87. The van der Waals surface area contributed by atoms with E-state index in [4.69, 9.17) is 4.74 Å². The van der Waals surface area contributed by atoms with Crippen molar-refractivity contribution in [2.75, 3.05) is 26.2 Å². The molecule has 1 amide bonds. The standard InChI is InChI=1S/C15H28N2O4/c1-7-21-12(18)15(5,6)16-8-9-17(13(19)20)11(10-16)14(2,3)4/h11H,7-10H2,1-6H3,(H,19,20). The van der Waals surface area contributed by atoms with Gasteiger partial charge < -0.3 is 14.7 Å². The van der Waals surface area contributed by atoms with Gasteiger partial charge in [0.1, 0.15) is 5.54 Å². The number of esters is 1. The van der Waals surface area contributed by atoms with Crippen molar-refractivity contribution < 1.29 is 19.4 Å². The number of hydrogen-bond donors (Lipinski definition) is 1. The van der Waals surface area contributed by atoms with Crippen LogP contribution in [0.15, 0.2) is 0 Å². The first-order valence-corrected chi connectivity index (χ1v) is 7.43. The fourth-order valence-electron chi connectivity index (χ4n) is 2.70. The molecule has 0 saturated carbocycles. The summed E-state index contributed by atoms with van der Waals surface area (Å²) in [7, 11) is 0. The first-order chi connectivity index (χ1) is 9.51. The largest absolute Gasteiger partial charge is 0.465 e. The van der Waals surface area contributed by atoms with E-state index in [0.717, 1.165) is 0 Å². The Kier molecular flexibility index (Phi) is 5.25. The topological polar surface area (TPSA) is 70.1 Å². The summed E-state index contributed by atoms with van der Waals surface area (Å²) in [6.45, 7) is 13.3. The molecule has 1 atom stereocenters. The van der Waals surface area contributed by atoms with Crippen molar-refractivity contribution in [3.05, 3.63) is 0 Å². The Bertz CT molecular complexity index is 401. The highest BCUT2D eigenvalue weighted by atomic mass is 16.5. The lowest BCUT2D eigenvalue weighted by atomic mass is 9.83. The van der Waals surface area contributed by atoms with Gasteiger partial charge in [-0.3, -0.25) is 9.69 Å². The maximum atomic E-state index is 12.1. The Morgan fingerprint density at radius 3 is 2.19 bits per heavy atom. The third-order valence-corrected chi connectivity index (χ3v) is 4.19. The number of piperazine rings is 1. The SMILES string of the molecule is CCOC(=O)C(C)(C)N1CCN(C(=O)O)C(C(C)(C)C)C1. The summed E-state index contributed by atoms with van der Waals surface area (Å²) in [5.74, 6) is -0.263. The molecule has 1 fully saturated rings. The van der Waals surface area contributed by atoms with Crippen LogP contribution in [0.5, 0.6) is 0 Å². The lowest BCUT2D eigenvalue weighted by molar-refractivity contribution is -0.158. The third-order valence-electron chi connectivity index (χ3n) is 4.19. The first kappa shape index (κ1) is 17.8. The highest BCUT2D eigenvalue weighted by molar-refractivity contribution is 5.79. The van der Waals surface area contributed by atoms with Gasteiger partial charge in [0, 0.05) is 19.6 Å². The van der Waals surface area contributed by atoms with Crippen LogP contribution in [-0.4, -0.2) is 64.8 Å². The van der Waals surface area contributed by atoms with Crippen LogP contribution in [0.1, 0.15) is 41.5 Å². The van der Waals surface area contributed by atoms with Crippen LogP contribution in [0.4, 0.5) is 4.79 Å². The molecule has 1 heterocycles. The molecule has 1 unspecified atom stereocenters. The molecular formula is C15H28N2O4. The summed E-state index contributed by atoms with van der Waals surface area (Å²) in [5.41, 5.74) is -0.939. The molecule has 21 heavy (non-hydrogen) atoms. The van der Waals surface area contributed by atoms with E-state index in [0.29, 0.717) is 26.2 Å². The zero-order valence-electron chi connectivity index (χ0n) is 14.0. The van der Waals surface area contributed by atoms with E-state index in [9.17, 15) is 14.7 Å². The van der Waals surface area contributed by atoms with Gasteiger partial charge in [-0.25, -0.2) is 4.79 Å². The molecule has 1 saturated heterocycles. The van der Waals surface area contributed by atoms with Crippen LogP contribution in [0.3, 0.4) is 0 Å². The van der Waals surface area contributed by atoms with Crippen LogP contribution >= 0.6 is 0 Å². The molecule has 1 aliphatic heterocycles. The summed E-state index contributed by atoms with van der Waals surface area (Å²) < 4.78 is 5.14. The second-order valence-corrected chi connectivity index (χ2v) is 7.08. The summed E-state index contributed by atoms with van der Waals surface area (Å²) in [6.07, 6.45) is -0.900. The highest BCUT2D eigenvalue weighted by Crippen LogP contribution is 2.31. The van der Waals surface area contributed by atoms with E-state index in [1.807, 2.05) is 39.5 Å². The molecular weight excluding hydrogens is 272 g/mol. The highest BCUT2D eigenvalue weighted by Gasteiger charge is 2.44. The van der Waals surface area contributed by atoms with Crippen molar-refractivity contribution in [3.63, 3.8) is 0 Å². The Labute approximate surface area is 127 Å². The number of carbonyl (C=O) groups excluding carboxylic acids is 1. The van der Waals surface area contributed by atoms with Gasteiger partial charge in [-0.05, 0) is 26.2 Å². The van der Waals surface area contributed by atoms with Gasteiger partial charge in [0.2, 0.25) is 0 Å². The molecule has 1 rings (SSSR count). The van der Waals surface area contributed by atoms with Gasteiger partial charge in [0.05, 0.1) is 12.6 Å². The van der Waals surface area contributed by atoms with E-state index in [1.54, 1.807) is 6.92 Å². The molecule has 6 nitrogen and oxygen atoms in total. The number of nitrogens with zero attached hydrogens (tertiary/aromatic N) is 2. The fraction of sp³-hybridized carbons (Fsp3) is 0.867. The first-order valence-electron chi connectivity index (χ1n) is 7.43. The van der Waals surface area contributed by atoms with E-state index in [-0.39, 0.29) is 17.4 Å². The fourth-order valence-corrected chi connectivity index (χ4v) is 2.70. The second-order valence-electron chi connectivity index (χ2n) is 7.08. The molecule has 122 valence electrons. The molecule has 0 aliphatic carbocycles. The molecule has 0 aromatic carbocycles. The predicted molar refractivity (Wildman–Crippen MR) is 80.3 cm³/mol. The molecule has 0 aromatic heterocycles. The quantitative estimate of drug-likeness (QED) is 0.808. The summed E-state index contributed by atoms with van der Waals surface area (Å²) in [4.78, 5) is 27.1. The minimum atomic E-state index is -0.900. The Hall–Kier alpha value is -1.30. The normalized spacial score (nSPS) is 21.2. The van der Waals surface area contributed by atoms with Crippen LogP contribution < -0.4 is 0 Å². The molecule has 0 aromatic rings. The maximum absolute atomic E-state index is 12.1. The molecule has 0 bridgehead atoms. The van der Waals surface area contributed by atoms with Crippen molar-refractivity contribution in [2.24, 2.45) is 5.41 Å². The van der Waals surface area contributed by atoms with Gasteiger partial charge in [0.15, 0.2) is 0 Å². The van der Waals surface area contributed by atoms with E-state index in [2.05, 4.69) is 0 Å². The number of rotatable bonds is 3. The van der Waals surface area contributed by atoms with Crippen LogP contribution in [0, 0.1) is 5.41 Å². The average molecular weight is 300 g/mol. The molecule has 6 heteroatoms. The van der Waals surface area contributed by atoms with Crippen molar-refractivity contribution >= 4 is 12.1 Å². The number of hydrogen-bond acceptors (Lipinski definition) is 4. The lowest BCUT2D eigenvalue weighted by Gasteiger charge is -2.49. The minimum absolute atomic E-state index is 0.155. The van der Waals surface area contributed by atoms with Crippen molar-refractivity contribution in [3.8, 4) is 0 Å². The maximum Gasteiger partial charge on any atom is 0.407 e. The summed E-state index contributed by atoms with van der Waals surface area (Å²) in [6, 6.07) is -0.155. The van der Waals surface area contributed by atoms with E-state index in [1.165, 1.54) is 4.90 Å². The number of carbonyl (C=O) groups is 2. The summed E-state index contributed by atoms with van der Waals surface area (Å²) >= 11 is 0. The smallest absolute Gasteiger partial charge is 0.407 e. The zero-order chi connectivity index (χ0) is 16.4. The minimum Gasteiger partial charge on any atom is -0.465 e. The summed E-state index contributed by atoms with van der Waals surface area (Å²) in [5, 5.41) is 9.37. The number of amides is 1.